The lowest BCUT2D eigenvalue weighted by Crippen LogP contribution is -2.32. The van der Waals surface area contributed by atoms with E-state index in [1.807, 2.05) is 6.20 Å². The zero-order valence-corrected chi connectivity index (χ0v) is 13.5. The summed E-state index contributed by atoms with van der Waals surface area (Å²) in [6.45, 7) is 10.7. The van der Waals surface area contributed by atoms with Crippen LogP contribution in [0, 0.1) is 18.8 Å². The Labute approximate surface area is 123 Å². The van der Waals surface area contributed by atoms with Crippen molar-refractivity contribution in [3.63, 3.8) is 0 Å². The van der Waals surface area contributed by atoms with Gasteiger partial charge in [-0.3, -0.25) is 0 Å². The molecule has 0 saturated heterocycles. The molecule has 0 bridgehead atoms. The van der Waals surface area contributed by atoms with Crippen LogP contribution in [0.25, 0.3) is 0 Å². The number of rotatable bonds is 7. The maximum Gasteiger partial charge on any atom is 0.225 e. The van der Waals surface area contributed by atoms with E-state index in [2.05, 4.69) is 54.9 Å². The molecule has 2 rings (SSSR count). The van der Waals surface area contributed by atoms with Crippen LogP contribution >= 0.6 is 0 Å². The average Bonchev–Trinajstić information content (AvgIpc) is 3.23. The molecule has 1 unspecified atom stereocenters. The van der Waals surface area contributed by atoms with Gasteiger partial charge in [0.05, 0.1) is 0 Å². The maximum atomic E-state index is 4.68. The average molecular weight is 276 g/mol. The van der Waals surface area contributed by atoms with Crippen LogP contribution in [0.1, 0.15) is 44.9 Å². The lowest BCUT2D eigenvalue weighted by molar-refractivity contribution is 0.549. The van der Waals surface area contributed by atoms with Crippen LogP contribution in [0.2, 0.25) is 0 Å². The van der Waals surface area contributed by atoms with Gasteiger partial charge in [-0.2, -0.15) is 0 Å². The molecule has 0 aromatic carbocycles. The molecule has 1 aliphatic rings. The van der Waals surface area contributed by atoms with Crippen LogP contribution in [0.15, 0.2) is 6.20 Å². The zero-order chi connectivity index (χ0) is 14.7. The van der Waals surface area contributed by atoms with E-state index in [4.69, 9.17) is 0 Å². The first-order chi connectivity index (χ1) is 9.49. The predicted octanol–water partition coefficient (Wildman–Crippen LogP) is 2.77. The molecule has 0 spiro atoms. The van der Waals surface area contributed by atoms with Crippen molar-refractivity contribution in [3.05, 3.63) is 17.5 Å². The van der Waals surface area contributed by atoms with Gasteiger partial charge in [-0.15, -0.1) is 0 Å². The molecular formula is C16H28N4. The Hall–Kier alpha value is -1.16. The van der Waals surface area contributed by atoms with E-state index in [0.29, 0.717) is 12.0 Å². The second kappa shape index (κ2) is 6.53. The van der Waals surface area contributed by atoms with Crippen molar-refractivity contribution < 1.29 is 0 Å². The molecule has 1 N–H and O–H groups in total. The molecule has 1 aromatic heterocycles. The van der Waals surface area contributed by atoms with Crippen molar-refractivity contribution in [2.45, 2.75) is 53.1 Å². The summed E-state index contributed by atoms with van der Waals surface area (Å²) in [5.41, 5.74) is 2.28. The highest BCUT2D eigenvalue weighted by molar-refractivity contribution is 5.33. The Morgan fingerprint density at radius 3 is 2.60 bits per heavy atom. The molecule has 20 heavy (non-hydrogen) atoms. The summed E-state index contributed by atoms with van der Waals surface area (Å²) in [5, 5.41) is 3.45. The smallest absolute Gasteiger partial charge is 0.225 e. The van der Waals surface area contributed by atoms with E-state index in [1.54, 1.807) is 0 Å². The van der Waals surface area contributed by atoms with Crippen LogP contribution in [-0.4, -0.2) is 29.6 Å². The van der Waals surface area contributed by atoms with E-state index >= 15 is 0 Å². The van der Waals surface area contributed by atoms with E-state index < -0.39 is 0 Å². The van der Waals surface area contributed by atoms with E-state index in [0.717, 1.165) is 30.6 Å². The second-order valence-electron chi connectivity index (χ2n) is 6.49. The van der Waals surface area contributed by atoms with Crippen molar-refractivity contribution in [3.8, 4) is 0 Å². The summed E-state index contributed by atoms with van der Waals surface area (Å²) in [6.07, 6.45) is 4.67. The first-order valence-corrected chi connectivity index (χ1v) is 7.75. The van der Waals surface area contributed by atoms with E-state index in [1.165, 1.54) is 18.4 Å². The van der Waals surface area contributed by atoms with Crippen LogP contribution in [0.3, 0.4) is 0 Å². The van der Waals surface area contributed by atoms with Crippen molar-refractivity contribution in [1.82, 2.24) is 15.3 Å². The summed E-state index contributed by atoms with van der Waals surface area (Å²) < 4.78 is 0. The number of hydrogen-bond donors (Lipinski definition) is 1. The van der Waals surface area contributed by atoms with Gasteiger partial charge in [-0.05, 0) is 45.1 Å². The molecule has 1 atom stereocenters. The predicted molar refractivity (Wildman–Crippen MR) is 83.9 cm³/mol. The molecular weight excluding hydrogens is 248 g/mol. The molecule has 1 fully saturated rings. The zero-order valence-electron chi connectivity index (χ0n) is 13.5. The minimum absolute atomic E-state index is 0.541. The Balaban J connectivity index is 1.97. The molecule has 4 nitrogen and oxygen atoms in total. The lowest BCUT2D eigenvalue weighted by atomic mass is 10.2. The minimum atomic E-state index is 0.541. The second-order valence-corrected chi connectivity index (χ2v) is 6.49. The third kappa shape index (κ3) is 3.92. The SMILES string of the molecule is Cc1nc(N(C)C(C)C2CC2)ncc1CNCC(C)C. The van der Waals surface area contributed by atoms with Crippen molar-refractivity contribution >= 4 is 5.95 Å². The largest absolute Gasteiger partial charge is 0.341 e. The number of anilines is 1. The number of hydrogen-bond acceptors (Lipinski definition) is 4. The highest BCUT2D eigenvalue weighted by atomic mass is 15.3. The Morgan fingerprint density at radius 2 is 2.05 bits per heavy atom. The van der Waals surface area contributed by atoms with Gasteiger partial charge in [0.1, 0.15) is 0 Å². The van der Waals surface area contributed by atoms with Gasteiger partial charge in [0.2, 0.25) is 5.95 Å². The van der Waals surface area contributed by atoms with Gasteiger partial charge in [0, 0.05) is 37.1 Å². The van der Waals surface area contributed by atoms with Crippen molar-refractivity contribution in [2.75, 3.05) is 18.5 Å². The first-order valence-electron chi connectivity index (χ1n) is 7.75. The molecule has 0 radical (unpaired) electrons. The molecule has 0 amide bonds. The molecule has 112 valence electrons. The third-order valence-electron chi connectivity index (χ3n) is 4.17. The quantitative estimate of drug-likeness (QED) is 0.831. The fraction of sp³-hybridized carbons (Fsp3) is 0.750. The van der Waals surface area contributed by atoms with Gasteiger partial charge in [0.25, 0.3) is 0 Å². The van der Waals surface area contributed by atoms with Gasteiger partial charge in [0.15, 0.2) is 0 Å². The molecule has 1 aromatic rings. The Kier molecular flexibility index (Phi) is 4.97. The van der Waals surface area contributed by atoms with Crippen LogP contribution < -0.4 is 10.2 Å². The molecule has 1 saturated carbocycles. The van der Waals surface area contributed by atoms with Gasteiger partial charge >= 0.3 is 0 Å². The highest BCUT2D eigenvalue weighted by Crippen LogP contribution is 2.35. The number of nitrogens with zero attached hydrogens (tertiary/aromatic N) is 3. The van der Waals surface area contributed by atoms with Crippen molar-refractivity contribution in [1.29, 1.82) is 0 Å². The van der Waals surface area contributed by atoms with Gasteiger partial charge in [-0.25, -0.2) is 9.97 Å². The normalized spacial score (nSPS) is 16.5. The molecule has 4 heteroatoms. The topological polar surface area (TPSA) is 41.1 Å². The molecule has 1 aliphatic carbocycles. The molecule has 0 aliphatic heterocycles. The summed E-state index contributed by atoms with van der Waals surface area (Å²) >= 11 is 0. The van der Waals surface area contributed by atoms with E-state index in [9.17, 15) is 0 Å². The van der Waals surface area contributed by atoms with Crippen molar-refractivity contribution in [2.24, 2.45) is 11.8 Å². The monoisotopic (exact) mass is 276 g/mol. The third-order valence-corrected chi connectivity index (χ3v) is 4.17. The fourth-order valence-electron chi connectivity index (χ4n) is 2.40. The van der Waals surface area contributed by atoms with Gasteiger partial charge < -0.3 is 10.2 Å². The maximum absolute atomic E-state index is 4.68. The standard InChI is InChI=1S/C16H28N4/c1-11(2)8-17-9-15-10-18-16(19-12(15)3)20(5)13(4)14-6-7-14/h10-11,13-14,17H,6-9H2,1-5H3. The fourth-order valence-corrected chi connectivity index (χ4v) is 2.40. The molecule has 1 heterocycles. The number of aromatic nitrogens is 2. The van der Waals surface area contributed by atoms with Crippen LogP contribution in [-0.2, 0) is 6.54 Å². The number of aryl methyl sites for hydroxylation is 1. The number of nitrogens with one attached hydrogen (secondary N) is 1. The van der Waals surface area contributed by atoms with E-state index in [-0.39, 0.29) is 0 Å². The summed E-state index contributed by atoms with van der Waals surface area (Å²) in [7, 11) is 2.11. The Bertz CT molecular complexity index is 440. The highest BCUT2D eigenvalue weighted by Gasteiger charge is 2.31. The Morgan fingerprint density at radius 1 is 1.35 bits per heavy atom. The van der Waals surface area contributed by atoms with Gasteiger partial charge in [-0.1, -0.05) is 13.8 Å². The minimum Gasteiger partial charge on any atom is -0.341 e. The summed E-state index contributed by atoms with van der Waals surface area (Å²) in [4.78, 5) is 11.4. The summed E-state index contributed by atoms with van der Waals surface area (Å²) in [6, 6.07) is 0.541. The first kappa shape index (κ1) is 15.2. The summed E-state index contributed by atoms with van der Waals surface area (Å²) in [5.74, 6) is 2.35. The van der Waals surface area contributed by atoms with Crippen LogP contribution in [0.5, 0.6) is 0 Å². The lowest BCUT2D eigenvalue weighted by Gasteiger charge is -2.25. The van der Waals surface area contributed by atoms with Crippen LogP contribution in [0.4, 0.5) is 5.95 Å².